The number of aromatic nitrogens is 5. The Kier molecular flexibility index (Phi) is 4.06. The molecule has 8 heteroatoms. The third-order valence-electron chi connectivity index (χ3n) is 4.20. The molecule has 3 aromatic heterocycles. The highest BCUT2D eigenvalue weighted by Gasteiger charge is 2.20. The molecule has 0 aliphatic rings. The van der Waals surface area contributed by atoms with Crippen LogP contribution in [0.25, 0.3) is 22.3 Å². The van der Waals surface area contributed by atoms with Crippen molar-refractivity contribution in [2.24, 2.45) is 12.9 Å². The lowest BCUT2D eigenvalue weighted by atomic mass is 10.1. The van der Waals surface area contributed by atoms with E-state index in [2.05, 4.69) is 22.5 Å². The molecule has 24 heavy (non-hydrogen) atoms. The van der Waals surface area contributed by atoms with E-state index in [1.165, 1.54) is 0 Å². The van der Waals surface area contributed by atoms with Crippen molar-refractivity contribution in [3.8, 4) is 11.3 Å². The Labute approximate surface area is 139 Å². The van der Waals surface area contributed by atoms with E-state index in [-0.39, 0.29) is 5.91 Å². The molecule has 0 unspecified atom stereocenters. The fraction of sp³-hybridized carbons (Fsp3) is 0.375. The molecule has 0 aliphatic carbocycles. The summed E-state index contributed by atoms with van der Waals surface area (Å²) in [7, 11) is 1.87. The number of hydrogen-bond acceptors (Lipinski definition) is 5. The van der Waals surface area contributed by atoms with Crippen LogP contribution in [0.15, 0.2) is 12.3 Å². The normalized spacial score (nSPS) is 11.2. The van der Waals surface area contributed by atoms with E-state index >= 15 is 0 Å². The second-order valence-corrected chi connectivity index (χ2v) is 5.80. The molecule has 1 amide bonds. The summed E-state index contributed by atoms with van der Waals surface area (Å²) in [5.74, 6) is 5.01. The quantitative estimate of drug-likeness (QED) is 0.429. The zero-order valence-corrected chi connectivity index (χ0v) is 14.3. The molecule has 0 aliphatic heterocycles. The molecule has 0 spiro atoms. The maximum Gasteiger partial charge on any atom is 0.266 e. The van der Waals surface area contributed by atoms with Gasteiger partial charge in [-0.15, -0.1) is 0 Å². The lowest BCUT2D eigenvalue weighted by Crippen LogP contribution is -2.30. The number of nitrogen functional groups attached to an aromatic ring is 1. The van der Waals surface area contributed by atoms with Gasteiger partial charge in [-0.2, -0.15) is 10.2 Å². The fourth-order valence-electron chi connectivity index (χ4n) is 2.87. The molecule has 0 fully saturated rings. The van der Waals surface area contributed by atoms with Crippen LogP contribution >= 0.6 is 0 Å². The van der Waals surface area contributed by atoms with Gasteiger partial charge in [0.1, 0.15) is 0 Å². The topological polar surface area (TPSA) is 104 Å². The lowest BCUT2D eigenvalue weighted by Gasteiger charge is -2.08. The summed E-state index contributed by atoms with van der Waals surface area (Å²) in [4.78, 5) is 17.1. The number of fused-ring (bicyclic) bond motifs is 1. The van der Waals surface area contributed by atoms with Crippen molar-refractivity contribution in [1.29, 1.82) is 0 Å². The van der Waals surface area contributed by atoms with Crippen molar-refractivity contribution in [3.63, 3.8) is 0 Å². The summed E-state index contributed by atoms with van der Waals surface area (Å²) in [6.45, 7) is 6.64. The molecular weight excluding hydrogens is 306 g/mol. The van der Waals surface area contributed by atoms with E-state index in [1.807, 2.05) is 25.6 Å². The second-order valence-electron chi connectivity index (χ2n) is 5.80. The SMILES string of the molecule is CCCn1nc(C)c2c(C(=O)NN)cc(-c3cnn(C)c3C)nc21. The summed E-state index contributed by atoms with van der Waals surface area (Å²) < 4.78 is 3.62. The van der Waals surface area contributed by atoms with Crippen LogP contribution in [0.1, 0.15) is 35.1 Å². The maximum atomic E-state index is 12.3. The van der Waals surface area contributed by atoms with Crippen LogP contribution in [0.3, 0.4) is 0 Å². The molecule has 3 aromatic rings. The average Bonchev–Trinajstić information content (AvgIpc) is 3.07. The molecule has 3 rings (SSSR count). The van der Waals surface area contributed by atoms with Crippen LogP contribution in [-0.2, 0) is 13.6 Å². The lowest BCUT2D eigenvalue weighted by molar-refractivity contribution is 0.0955. The van der Waals surface area contributed by atoms with Gasteiger partial charge in [0, 0.05) is 24.8 Å². The number of amides is 1. The van der Waals surface area contributed by atoms with Crippen LogP contribution in [0, 0.1) is 13.8 Å². The number of aryl methyl sites for hydroxylation is 3. The van der Waals surface area contributed by atoms with Crippen LogP contribution in [0.2, 0.25) is 0 Å². The molecule has 0 saturated carbocycles. The second kappa shape index (κ2) is 6.04. The Bertz CT molecular complexity index is 922. The summed E-state index contributed by atoms with van der Waals surface area (Å²) >= 11 is 0. The minimum Gasteiger partial charge on any atom is -0.290 e. The van der Waals surface area contributed by atoms with Crippen molar-refractivity contribution in [1.82, 2.24) is 30.0 Å². The molecular formula is C16H21N7O. The zero-order chi connectivity index (χ0) is 17.4. The van der Waals surface area contributed by atoms with Crippen LogP contribution in [0.4, 0.5) is 0 Å². The van der Waals surface area contributed by atoms with Crippen molar-refractivity contribution in [2.45, 2.75) is 33.7 Å². The molecule has 126 valence electrons. The summed E-state index contributed by atoms with van der Waals surface area (Å²) in [5, 5.41) is 9.53. The first kappa shape index (κ1) is 16.1. The van der Waals surface area contributed by atoms with Gasteiger partial charge >= 0.3 is 0 Å². The zero-order valence-electron chi connectivity index (χ0n) is 14.3. The minimum atomic E-state index is -0.357. The average molecular weight is 327 g/mol. The van der Waals surface area contributed by atoms with Crippen molar-refractivity contribution in [3.05, 3.63) is 29.2 Å². The van der Waals surface area contributed by atoms with E-state index in [9.17, 15) is 4.79 Å². The Morgan fingerprint density at radius 2 is 2.12 bits per heavy atom. The van der Waals surface area contributed by atoms with Gasteiger partial charge in [0.15, 0.2) is 5.65 Å². The molecule has 0 saturated heterocycles. The number of nitrogens with one attached hydrogen (secondary N) is 1. The maximum absolute atomic E-state index is 12.3. The highest BCUT2D eigenvalue weighted by molar-refractivity contribution is 6.07. The standard InChI is InChI=1S/C16H21N7O/c1-5-6-23-15-14(9(2)21-23)11(16(24)20-17)7-13(19-15)12-8-18-22(4)10(12)3/h7-8H,5-6,17H2,1-4H3,(H,20,24). The van der Waals surface area contributed by atoms with Gasteiger partial charge in [-0.25, -0.2) is 15.5 Å². The number of hydrazine groups is 1. The fourth-order valence-corrected chi connectivity index (χ4v) is 2.87. The van der Waals surface area contributed by atoms with Gasteiger partial charge in [0.05, 0.1) is 28.5 Å². The number of carbonyl (C=O) groups is 1. The minimum absolute atomic E-state index is 0.357. The predicted octanol–water partition coefficient (Wildman–Crippen LogP) is 1.46. The molecule has 8 nitrogen and oxygen atoms in total. The smallest absolute Gasteiger partial charge is 0.266 e. The molecule has 0 bridgehead atoms. The van der Waals surface area contributed by atoms with E-state index in [4.69, 9.17) is 10.8 Å². The van der Waals surface area contributed by atoms with Gasteiger partial charge in [-0.05, 0) is 26.3 Å². The molecule has 3 heterocycles. The summed E-state index contributed by atoms with van der Waals surface area (Å²) in [6, 6.07) is 1.75. The number of pyridine rings is 1. The van der Waals surface area contributed by atoms with Crippen molar-refractivity contribution in [2.75, 3.05) is 0 Å². The van der Waals surface area contributed by atoms with Gasteiger partial charge in [0.25, 0.3) is 5.91 Å². The Balaban J connectivity index is 2.34. The number of carbonyl (C=O) groups excluding carboxylic acids is 1. The van der Waals surface area contributed by atoms with Gasteiger partial charge in [-0.3, -0.25) is 14.9 Å². The Morgan fingerprint density at radius 3 is 2.71 bits per heavy atom. The number of nitrogens with two attached hydrogens (primary N) is 1. The monoisotopic (exact) mass is 327 g/mol. The predicted molar refractivity (Wildman–Crippen MR) is 91.1 cm³/mol. The van der Waals surface area contributed by atoms with E-state index in [1.54, 1.807) is 16.9 Å². The molecule has 0 atom stereocenters. The first-order valence-electron chi connectivity index (χ1n) is 7.86. The number of rotatable bonds is 4. The van der Waals surface area contributed by atoms with E-state index in [0.717, 1.165) is 35.3 Å². The van der Waals surface area contributed by atoms with Gasteiger partial charge in [0.2, 0.25) is 0 Å². The number of hydrogen-bond donors (Lipinski definition) is 2. The molecule has 0 radical (unpaired) electrons. The van der Waals surface area contributed by atoms with E-state index in [0.29, 0.717) is 16.9 Å². The highest BCUT2D eigenvalue weighted by Crippen LogP contribution is 2.28. The van der Waals surface area contributed by atoms with Crippen molar-refractivity contribution >= 4 is 16.9 Å². The van der Waals surface area contributed by atoms with Gasteiger partial charge < -0.3 is 0 Å². The highest BCUT2D eigenvalue weighted by atomic mass is 16.2. The van der Waals surface area contributed by atoms with Crippen LogP contribution < -0.4 is 11.3 Å². The molecule has 3 N–H and O–H groups in total. The van der Waals surface area contributed by atoms with Gasteiger partial charge in [-0.1, -0.05) is 6.92 Å². The Hall–Kier alpha value is -2.74. The van der Waals surface area contributed by atoms with Crippen LogP contribution in [-0.4, -0.2) is 30.5 Å². The largest absolute Gasteiger partial charge is 0.290 e. The molecule has 0 aromatic carbocycles. The first-order chi connectivity index (χ1) is 11.5. The third-order valence-corrected chi connectivity index (χ3v) is 4.20. The first-order valence-corrected chi connectivity index (χ1v) is 7.86. The number of nitrogens with zero attached hydrogens (tertiary/aromatic N) is 5. The summed E-state index contributed by atoms with van der Waals surface area (Å²) in [5.41, 5.74) is 6.68. The summed E-state index contributed by atoms with van der Waals surface area (Å²) in [6.07, 6.45) is 2.67. The van der Waals surface area contributed by atoms with Crippen LogP contribution in [0.5, 0.6) is 0 Å². The Morgan fingerprint density at radius 1 is 1.38 bits per heavy atom. The van der Waals surface area contributed by atoms with E-state index < -0.39 is 0 Å². The van der Waals surface area contributed by atoms with Crippen molar-refractivity contribution < 1.29 is 4.79 Å². The third kappa shape index (κ3) is 2.44.